The molecule has 2 rings (SSSR count). The van der Waals surface area contributed by atoms with E-state index in [1.807, 2.05) is 49.4 Å². The number of nitrogens with two attached hydrogens (primary N) is 1. The predicted octanol–water partition coefficient (Wildman–Crippen LogP) is 2.56. The van der Waals surface area contributed by atoms with Crippen LogP contribution in [-0.4, -0.2) is 19.1 Å². The summed E-state index contributed by atoms with van der Waals surface area (Å²) in [6.45, 7) is 2.84. The minimum atomic E-state index is -0.230. The van der Waals surface area contributed by atoms with E-state index in [-0.39, 0.29) is 12.5 Å². The number of benzene rings is 2. The van der Waals surface area contributed by atoms with Crippen molar-refractivity contribution < 1.29 is 14.3 Å². The van der Waals surface area contributed by atoms with Crippen molar-refractivity contribution in [3.63, 3.8) is 0 Å². The number of carbonyl (C=O) groups is 1. The summed E-state index contributed by atoms with van der Waals surface area (Å²) in [5, 5.41) is 2.77. The van der Waals surface area contributed by atoms with E-state index in [0.717, 1.165) is 5.56 Å². The van der Waals surface area contributed by atoms with E-state index in [9.17, 15) is 4.79 Å². The molecule has 0 heterocycles. The van der Waals surface area contributed by atoms with Crippen LogP contribution in [0.25, 0.3) is 0 Å². The molecule has 0 aliphatic heterocycles. The summed E-state index contributed by atoms with van der Waals surface area (Å²) in [5.41, 5.74) is 7.26. The zero-order valence-corrected chi connectivity index (χ0v) is 12.5. The average molecular weight is 300 g/mol. The number of nitrogens with one attached hydrogen (secondary N) is 1. The molecular weight excluding hydrogens is 280 g/mol. The molecule has 2 aromatic rings. The van der Waals surface area contributed by atoms with E-state index >= 15 is 0 Å². The van der Waals surface area contributed by atoms with Gasteiger partial charge in [-0.15, -0.1) is 0 Å². The molecule has 3 N–H and O–H groups in total. The van der Waals surface area contributed by atoms with Gasteiger partial charge < -0.3 is 20.5 Å². The van der Waals surface area contributed by atoms with Gasteiger partial charge in [0.25, 0.3) is 5.91 Å². The van der Waals surface area contributed by atoms with Crippen LogP contribution in [0.1, 0.15) is 12.5 Å². The van der Waals surface area contributed by atoms with Crippen LogP contribution in [0.5, 0.6) is 11.5 Å². The number of anilines is 1. The van der Waals surface area contributed by atoms with E-state index in [2.05, 4.69) is 5.32 Å². The van der Waals surface area contributed by atoms with Gasteiger partial charge in [-0.05, 0) is 36.8 Å². The summed E-state index contributed by atoms with van der Waals surface area (Å²) >= 11 is 0. The maximum atomic E-state index is 11.9. The lowest BCUT2D eigenvalue weighted by atomic mass is 10.2. The smallest absolute Gasteiger partial charge is 0.262 e. The molecule has 0 aliphatic rings. The van der Waals surface area contributed by atoms with Crippen molar-refractivity contribution in [2.75, 3.05) is 18.5 Å². The number of carbonyl (C=O) groups excluding carboxylic acids is 1. The van der Waals surface area contributed by atoms with Crippen molar-refractivity contribution in [3.8, 4) is 11.5 Å². The second-order valence-corrected chi connectivity index (χ2v) is 4.62. The zero-order valence-electron chi connectivity index (χ0n) is 12.5. The summed E-state index contributed by atoms with van der Waals surface area (Å²) in [6, 6.07) is 14.7. The Morgan fingerprint density at radius 3 is 2.27 bits per heavy atom. The molecule has 22 heavy (non-hydrogen) atoms. The zero-order chi connectivity index (χ0) is 15.8. The van der Waals surface area contributed by atoms with Gasteiger partial charge in [0.05, 0.1) is 6.61 Å². The van der Waals surface area contributed by atoms with Crippen molar-refractivity contribution >= 4 is 11.6 Å². The fourth-order valence-electron chi connectivity index (χ4n) is 1.91. The van der Waals surface area contributed by atoms with Gasteiger partial charge in [0, 0.05) is 12.2 Å². The molecule has 5 heteroatoms. The van der Waals surface area contributed by atoms with E-state index in [0.29, 0.717) is 30.3 Å². The largest absolute Gasteiger partial charge is 0.490 e. The highest BCUT2D eigenvalue weighted by Gasteiger charge is 2.07. The molecule has 0 unspecified atom stereocenters. The van der Waals surface area contributed by atoms with Crippen LogP contribution in [-0.2, 0) is 11.3 Å². The Balaban J connectivity index is 1.89. The first-order valence-electron chi connectivity index (χ1n) is 7.16. The highest BCUT2D eigenvalue weighted by atomic mass is 16.5. The second-order valence-electron chi connectivity index (χ2n) is 4.62. The van der Waals surface area contributed by atoms with Gasteiger partial charge in [-0.25, -0.2) is 0 Å². The number of ether oxygens (including phenoxy) is 2. The Morgan fingerprint density at radius 2 is 1.68 bits per heavy atom. The first-order valence-corrected chi connectivity index (χ1v) is 7.16. The standard InChI is InChI=1S/C17H20N2O3/c1-2-21-15-5-3-4-6-16(15)22-12-17(20)19-14-9-7-13(11-18)8-10-14/h3-10H,2,11-12,18H2,1H3,(H,19,20). The molecule has 0 saturated carbocycles. The van der Waals surface area contributed by atoms with Crippen molar-refractivity contribution in [3.05, 3.63) is 54.1 Å². The fraction of sp³-hybridized carbons (Fsp3) is 0.235. The molecule has 0 radical (unpaired) electrons. The topological polar surface area (TPSA) is 73.6 Å². The number of para-hydroxylation sites is 2. The summed E-state index contributed by atoms with van der Waals surface area (Å²) in [7, 11) is 0. The van der Waals surface area contributed by atoms with Crippen molar-refractivity contribution in [1.29, 1.82) is 0 Å². The van der Waals surface area contributed by atoms with Gasteiger partial charge in [-0.1, -0.05) is 24.3 Å². The molecule has 1 amide bonds. The molecule has 0 fully saturated rings. The lowest BCUT2D eigenvalue weighted by molar-refractivity contribution is -0.118. The van der Waals surface area contributed by atoms with Crippen LogP contribution in [0.15, 0.2) is 48.5 Å². The first kappa shape index (κ1) is 15.9. The molecule has 2 aromatic carbocycles. The van der Waals surface area contributed by atoms with Crippen LogP contribution in [0.3, 0.4) is 0 Å². The highest BCUT2D eigenvalue weighted by molar-refractivity contribution is 5.91. The highest BCUT2D eigenvalue weighted by Crippen LogP contribution is 2.26. The maximum Gasteiger partial charge on any atom is 0.262 e. The second kappa shape index (κ2) is 8.05. The van der Waals surface area contributed by atoms with E-state index in [4.69, 9.17) is 15.2 Å². The monoisotopic (exact) mass is 300 g/mol. The Hall–Kier alpha value is -2.53. The molecule has 0 aromatic heterocycles. The summed E-state index contributed by atoms with van der Waals surface area (Å²) in [6.07, 6.45) is 0. The Labute approximate surface area is 130 Å². The van der Waals surface area contributed by atoms with Crippen molar-refractivity contribution in [1.82, 2.24) is 0 Å². The molecule has 0 spiro atoms. The third kappa shape index (κ3) is 4.49. The molecule has 0 bridgehead atoms. The Bertz CT molecular complexity index is 612. The number of hydrogen-bond donors (Lipinski definition) is 2. The predicted molar refractivity (Wildman–Crippen MR) is 86.1 cm³/mol. The third-order valence-electron chi connectivity index (χ3n) is 2.98. The van der Waals surface area contributed by atoms with Crippen LogP contribution in [0.4, 0.5) is 5.69 Å². The number of rotatable bonds is 7. The molecule has 0 saturated heterocycles. The minimum absolute atomic E-state index is 0.0806. The average Bonchev–Trinajstić information content (AvgIpc) is 2.55. The fourth-order valence-corrected chi connectivity index (χ4v) is 1.91. The van der Waals surface area contributed by atoms with Crippen LogP contribution >= 0.6 is 0 Å². The Morgan fingerprint density at radius 1 is 1.05 bits per heavy atom. The SMILES string of the molecule is CCOc1ccccc1OCC(=O)Nc1ccc(CN)cc1. The molecule has 5 nitrogen and oxygen atoms in total. The van der Waals surface area contributed by atoms with E-state index in [1.54, 1.807) is 6.07 Å². The molecule has 116 valence electrons. The van der Waals surface area contributed by atoms with E-state index < -0.39 is 0 Å². The summed E-state index contributed by atoms with van der Waals surface area (Å²) in [4.78, 5) is 11.9. The maximum absolute atomic E-state index is 11.9. The quantitative estimate of drug-likeness (QED) is 0.824. The van der Waals surface area contributed by atoms with Crippen molar-refractivity contribution in [2.24, 2.45) is 5.73 Å². The number of amides is 1. The van der Waals surface area contributed by atoms with Gasteiger partial charge >= 0.3 is 0 Å². The van der Waals surface area contributed by atoms with Gasteiger partial charge in [-0.3, -0.25) is 4.79 Å². The normalized spacial score (nSPS) is 10.1. The first-order chi connectivity index (χ1) is 10.7. The third-order valence-corrected chi connectivity index (χ3v) is 2.98. The van der Waals surface area contributed by atoms with Gasteiger partial charge in [0.2, 0.25) is 0 Å². The van der Waals surface area contributed by atoms with Crippen molar-refractivity contribution in [2.45, 2.75) is 13.5 Å². The van der Waals surface area contributed by atoms with Gasteiger partial charge in [-0.2, -0.15) is 0 Å². The van der Waals surface area contributed by atoms with Crippen LogP contribution in [0.2, 0.25) is 0 Å². The summed E-state index contributed by atoms with van der Waals surface area (Å²) < 4.78 is 11.0. The molecule has 0 aliphatic carbocycles. The van der Waals surface area contributed by atoms with Crippen LogP contribution < -0.4 is 20.5 Å². The molecular formula is C17H20N2O3. The molecule has 0 atom stereocenters. The Kier molecular flexibility index (Phi) is 5.80. The lowest BCUT2D eigenvalue weighted by Crippen LogP contribution is -2.20. The van der Waals surface area contributed by atoms with Crippen LogP contribution in [0, 0.1) is 0 Å². The minimum Gasteiger partial charge on any atom is -0.490 e. The van der Waals surface area contributed by atoms with E-state index in [1.165, 1.54) is 0 Å². The summed E-state index contributed by atoms with van der Waals surface area (Å²) in [5.74, 6) is 0.954. The van der Waals surface area contributed by atoms with Gasteiger partial charge in [0.15, 0.2) is 18.1 Å². The lowest BCUT2D eigenvalue weighted by Gasteiger charge is -2.11. The van der Waals surface area contributed by atoms with Gasteiger partial charge in [0.1, 0.15) is 0 Å². The number of hydrogen-bond acceptors (Lipinski definition) is 4.